The summed E-state index contributed by atoms with van der Waals surface area (Å²) >= 11 is 0. The maximum absolute atomic E-state index is 11.4. The van der Waals surface area contributed by atoms with Gasteiger partial charge in [0.25, 0.3) is 0 Å². The van der Waals surface area contributed by atoms with Gasteiger partial charge in [-0.3, -0.25) is 4.79 Å². The maximum atomic E-state index is 11.4. The summed E-state index contributed by atoms with van der Waals surface area (Å²) in [6.45, 7) is 7.60. The predicted molar refractivity (Wildman–Crippen MR) is 65.2 cm³/mol. The standard InChI is InChI=1S/C13H24N2O/c1-11(13(2)6-7-13)14-8-4-10-15-9-3-5-12(15)16/h11,14H,3-10H2,1-2H3. The topological polar surface area (TPSA) is 32.3 Å². The number of carbonyl (C=O) groups excluding carboxylic acids is 1. The van der Waals surface area contributed by atoms with Crippen LogP contribution in [0.4, 0.5) is 0 Å². The Morgan fingerprint density at radius 3 is 2.81 bits per heavy atom. The largest absolute Gasteiger partial charge is 0.343 e. The first-order chi connectivity index (χ1) is 7.62. The Kier molecular flexibility index (Phi) is 3.53. The summed E-state index contributed by atoms with van der Waals surface area (Å²) in [5.41, 5.74) is 0.559. The van der Waals surface area contributed by atoms with Crippen molar-refractivity contribution in [3.05, 3.63) is 0 Å². The summed E-state index contributed by atoms with van der Waals surface area (Å²) in [6, 6.07) is 0.627. The number of hydrogen-bond donors (Lipinski definition) is 1. The van der Waals surface area contributed by atoms with Gasteiger partial charge in [-0.1, -0.05) is 6.92 Å². The first-order valence-corrected chi connectivity index (χ1v) is 6.63. The Bertz CT molecular complexity index is 261. The number of nitrogens with one attached hydrogen (secondary N) is 1. The normalized spacial score (nSPS) is 24.9. The molecule has 1 N–H and O–H groups in total. The highest BCUT2D eigenvalue weighted by Gasteiger charge is 2.41. The first-order valence-electron chi connectivity index (χ1n) is 6.63. The SMILES string of the molecule is CC(NCCCN1CCCC1=O)C1(C)CC1. The molecule has 3 heteroatoms. The maximum Gasteiger partial charge on any atom is 0.222 e. The molecule has 0 radical (unpaired) electrons. The highest BCUT2D eigenvalue weighted by atomic mass is 16.2. The van der Waals surface area contributed by atoms with Crippen LogP contribution >= 0.6 is 0 Å². The third kappa shape index (κ3) is 2.76. The van der Waals surface area contributed by atoms with Crippen LogP contribution < -0.4 is 5.32 Å². The average Bonchev–Trinajstić information content (AvgIpc) is 2.88. The smallest absolute Gasteiger partial charge is 0.222 e. The molecule has 2 aliphatic rings. The minimum absolute atomic E-state index is 0.349. The molecule has 1 saturated heterocycles. The van der Waals surface area contributed by atoms with Gasteiger partial charge in [-0.15, -0.1) is 0 Å². The molecule has 2 rings (SSSR count). The van der Waals surface area contributed by atoms with Crippen molar-refractivity contribution in [3.8, 4) is 0 Å². The van der Waals surface area contributed by atoms with E-state index in [4.69, 9.17) is 0 Å². The second-order valence-corrected chi connectivity index (χ2v) is 5.67. The van der Waals surface area contributed by atoms with E-state index in [2.05, 4.69) is 19.2 Å². The molecule has 1 heterocycles. The summed E-state index contributed by atoms with van der Waals surface area (Å²) in [4.78, 5) is 13.4. The molecular weight excluding hydrogens is 200 g/mol. The van der Waals surface area contributed by atoms with Gasteiger partial charge in [0.15, 0.2) is 0 Å². The lowest BCUT2D eigenvalue weighted by Crippen LogP contribution is -2.36. The zero-order valence-corrected chi connectivity index (χ0v) is 10.6. The van der Waals surface area contributed by atoms with E-state index < -0.39 is 0 Å². The second-order valence-electron chi connectivity index (χ2n) is 5.67. The molecule has 0 bridgehead atoms. The number of amides is 1. The molecule has 0 spiro atoms. The van der Waals surface area contributed by atoms with Gasteiger partial charge in [0.1, 0.15) is 0 Å². The van der Waals surface area contributed by atoms with Gasteiger partial charge in [-0.05, 0) is 44.6 Å². The van der Waals surface area contributed by atoms with Crippen LogP contribution in [-0.2, 0) is 4.79 Å². The predicted octanol–water partition coefficient (Wildman–Crippen LogP) is 1.78. The average molecular weight is 224 g/mol. The van der Waals surface area contributed by atoms with Crippen molar-refractivity contribution in [2.75, 3.05) is 19.6 Å². The number of hydrogen-bond acceptors (Lipinski definition) is 2. The van der Waals surface area contributed by atoms with Gasteiger partial charge in [0.2, 0.25) is 5.91 Å². The summed E-state index contributed by atoms with van der Waals surface area (Å²) in [7, 11) is 0. The Balaban J connectivity index is 1.56. The molecule has 1 unspecified atom stereocenters. The molecule has 1 aliphatic heterocycles. The van der Waals surface area contributed by atoms with Crippen LogP contribution in [0.25, 0.3) is 0 Å². The number of nitrogens with zero attached hydrogens (tertiary/aromatic N) is 1. The van der Waals surface area contributed by atoms with Crippen molar-refractivity contribution < 1.29 is 4.79 Å². The fourth-order valence-corrected chi connectivity index (χ4v) is 2.41. The summed E-state index contributed by atoms with van der Waals surface area (Å²) in [5.74, 6) is 0.349. The van der Waals surface area contributed by atoms with Gasteiger partial charge < -0.3 is 10.2 Å². The van der Waals surface area contributed by atoms with Crippen molar-refractivity contribution in [3.63, 3.8) is 0 Å². The van der Waals surface area contributed by atoms with Crippen molar-refractivity contribution in [1.29, 1.82) is 0 Å². The van der Waals surface area contributed by atoms with Gasteiger partial charge in [0, 0.05) is 25.6 Å². The van der Waals surface area contributed by atoms with E-state index in [1.807, 2.05) is 4.90 Å². The van der Waals surface area contributed by atoms with Crippen LogP contribution in [0, 0.1) is 5.41 Å². The quantitative estimate of drug-likeness (QED) is 0.697. The molecule has 1 atom stereocenters. The Hall–Kier alpha value is -0.570. The van der Waals surface area contributed by atoms with Gasteiger partial charge in [-0.2, -0.15) is 0 Å². The zero-order chi connectivity index (χ0) is 11.6. The van der Waals surface area contributed by atoms with E-state index in [1.54, 1.807) is 0 Å². The fraction of sp³-hybridized carbons (Fsp3) is 0.923. The third-order valence-electron chi connectivity index (χ3n) is 4.31. The number of rotatable bonds is 6. The molecule has 1 aliphatic carbocycles. The van der Waals surface area contributed by atoms with Crippen molar-refractivity contribution in [2.24, 2.45) is 5.41 Å². The van der Waals surface area contributed by atoms with Crippen LogP contribution in [-0.4, -0.2) is 36.5 Å². The van der Waals surface area contributed by atoms with Crippen LogP contribution in [0.15, 0.2) is 0 Å². The van der Waals surface area contributed by atoms with Crippen molar-refractivity contribution >= 4 is 5.91 Å². The molecule has 2 fully saturated rings. The van der Waals surface area contributed by atoms with E-state index in [-0.39, 0.29) is 0 Å². The van der Waals surface area contributed by atoms with E-state index in [9.17, 15) is 4.79 Å². The van der Waals surface area contributed by atoms with Crippen molar-refractivity contribution in [1.82, 2.24) is 10.2 Å². The monoisotopic (exact) mass is 224 g/mol. The Labute approximate surface area is 98.6 Å². The van der Waals surface area contributed by atoms with E-state index in [1.165, 1.54) is 12.8 Å². The lowest BCUT2D eigenvalue weighted by Gasteiger charge is -2.21. The molecular formula is C13H24N2O. The van der Waals surface area contributed by atoms with Crippen LogP contribution in [0.5, 0.6) is 0 Å². The lowest BCUT2D eigenvalue weighted by atomic mass is 10.0. The zero-order valence-electron chi connectivity index (χ0n) is 10.6. The third-order valence-corrected chi connectivity index (χ3v) is 4.31. The van der Waals surface area contributed by atoms with E-state index >= 15 is 0 Å². The molecule has 0 aromatic heterocycles. The molecule has 16 heavy (non-hydrogen) atoms. The number of likely N-dealkylation sites (tertiary alicyclic amines) is 1. The van der Waals surface area contributed by atoms with E-state index in [0.717, 1.165) is 38.9 Å². The Morgan fingerprint density at radius 1 is 1.50 bits per heavy atom. The molecule has 3 nitrogen and oxygen atoms in total. The number of carbonyl (C=O) groups is 1. The second kappa shape index (κ2) is 4.74. The Morgan fingerprint density at radius 2 is 2.25 bits per heavy atom. The van der Waals surface area contributed by atoms with Crippen molar-refractivity contribution in [2.45, 2.75) is 52.0 Å². The highest BCUT2D eigenvalue weighted by molar-refractivity contribution is 5.77. The highest BCUT2D eigenvalue weighted by Crippen LogP contribution is 2.47. The summed E-state index contributed by atoms with van der Waals surface area (Å²) in [5, 5.41) is 3.59. The minimum atomic E-state index is 0.349. The molecule has 0 aromatic carbocycles. The van der Waals surface area contributed by atoms with Gasteiger partial charge in [0.05, 0.1) is 0 Å². The fourth-order valence-electron chi connectivity index (χ4n) is 2.41. The summed E-state index contributed by atoms with van der Waals surface area (Å²) < 4.78 is 0. The molecule has 1 saturated carbocycles. The van der Waals surface area contributed by atoms with Crippen LogP contribution in [0.2, 0.25) is 0 Å². The van der Waals surface area contributed by atoms with Gasteiger partial charge in [-0.25, -0.2) is 0 Å². The minimum Gasteiger partial charge on any atom is -0.343 e. The van der Waals surface area contributed by atoms with Gasteiger partial charge >= 0.3 is 0 Å². The molecule has 0 aromatic rings. The van der Waals surface area contributed by atoms with Crippen LogP contribution in [0.1, 0.15) is 46.0 Å². The van der Waals surface area contributed by atoms with E-state index in [0.29, 0.717) is 17.4 Å². The van der Waals surface area contributed by atoms with Crippen LogP contribution in [0.3, 0.4) is 0 Å². The lowest BCUT2D eigenvalue weighted by molar-refractivity contribution is -0.127. The summed E-state index contributed by atoms with van der Waals surface area (Å²) in [6.07, 6.45) is 5.65. The molecule has 92 valence electrons. The molecule has 1 amide bonds. The first kappa shape index (κ1) is 11.9.